The zero-order valence-corrected chi connectivity index (χ0v) is 20.6. The summed E-state index contributed by atoms with van der Waals surface area (Å²) in [4.78, 5) is 38.6. The van der Waals surface area contributed by atoms with E-state index in [-0.39, 0.29) is 18.3 Å². The van der Waals surface area contributed by atoms with Crippen LogP contribution in [0, 0.1) is 0 Å². The van der Waals surface area contributed by atoms with Gasteiger partial charge in [0.05, 0.1) is 13.1 Å². The molecule has 3 saturated heterocycles. The normalized spacial score (nSPS) is 23.4. The standard InChI is InChI=1S/C8H15NO2.C8H15NO.C7H13NO2/c1-4-6(2)9-5-7(3)11-8(9)10;1-3-7(2)9-6-4-5-8(9)10;1-3-6(2)8-4-5-10-7(8)9/h6-7H,4-5H2,1-3H3;7H,3-6H2,1-2H3;6H,3-5H2,1-2H3. The number of likely N-dealkylation sites (tertiary alicyclic amines) is 1. The van der Waals surface area contributed by atoms with Crippen molar-refractivity contribution in [2.24, 2.45) is 0 Å². The minimum atomic E-state index is -0.160. The fourth-order valence-corrected chi connectivity index (χ4v) is 3.59. The molecule has 180 valence electrons. The van der Waals surface area contributed by atoms with E-state index in [0.29, 0.717) is 30.6 Å². The largest absolute Gasteiger partial charge is 0.448 e. The van der Waals surface area contributed by atoms with Gasteiger partial charge in [0.1, 0.15) is 12.7 Å². The molecule has 4 atom stereocenters. The van der Waals surface area contributed by atoms with Crippen molar-refractivity contribution in [2.75, 3.05) is 26.2 Å². The first-order valence-electron chi connectivity index (χ1n) is 11.9. The monoisotopic (exact) mass is 441 g/mol. The molecule has 0 aliphatic carbocycles. The van der Waals surface area contributed by atoms with Crippen LogP contribution in [-0.2, 0) is 14.3 Å². The van der Waals surface area contributed by atoms with Gasteiger partial charge in [0.2, 0.25) is 5.91 Å². The van der Waals surface area contributed by atoms with Crippen molar-refractivity contribution in [3.63, 3.8) is 0 Å². The smallest absolute Gasteiger partial charge is 0.410 e. The van der Waals surface area contributed by atoms with E-state index in [4.69, 9.17) is 9.47 Å². The van der Waals surface area contributed by atoms with Crippen molar-refractivity contribution in [1.82, 2.24) is 14.7 Å². The van der Waals surface area contributed by atoms with Gasteiger partial charge in [0.15, 0.2) is 0 Å². The summed E-state index contributed by atoms with van der Waals surface area (Å²) in [5.74, 6) is 0.342. The fourth-order valence-electron chi connectivity index (χ4n) is 3.59. The lowest BCUT2D eigenvalue weighted by atomic mass is 10.2. The number of amides is 3. The van der Waals surface area contributed by atoms with Gasteiger partial charge in [-0.2, -0.15) is 0 Å². The van der Waals surface area contributed by atoms with E-state index >= 15 is 0 Å². The molecule has 8 nitrogen and oxygen atoms in total. The summed E-state index contributed by atoms with van der Waals surface area (Å²) in [6.07, 6.45) is 4.63. The maximum absolute atomic E-state index is 11.1. The summed E-state index contributed by atoms with van der Waals surface area (Å²) in [5, 5.41) is 0. The molecular weight excluding hydrogens is 398 g/mol. The molecule has 0 saturated carbocycles. The highest BCUT2D eigenvalue weighted by Crippen LogP contribution is 2.16. The molecule has 0 aromatic carbocycles. The Morgan fingerprint density at radius 1 is 0.839 bits per heavy atom. The van der Waals surface area contributed by atoms with E-state index in [1.807, 2.05) is 25.7 Å². The summed E-state index contributed by atoms with van der Waals surface area (Å²) in [6.45, 7) is 17.4. The molecule has 3 amide bonds. The Balaban J connectivity index is 0.000000233. The fraction of sp³-hybridized carbons (Fsp3) is 0.870. The predicted molar refractivity (Wildman–Crippen MR) is 121 cm³/mol. The molecule has 0 bridgehead atoms. The number of carbonyl (C=O) groups excluding carboxylic acids is 3. The van der Waals surface area contributed by atoms with Crippen LogP contribution in [0.4, 0.5) is 9.59 Å². The Kier molecular flexibility index (Phi) is 11.7. The molecule has 0 radical (unpaired) electrons. The van der Waals surface area contributed by atoms with Crippen LogP contribution in [0.15, 0.2) is 0 Å². The van der Waals surface area contributed by atoms with Crippen LogP contribution in [0.25, 0.3) is 0 Å². The summed E-state index contributed by atoms with van der Waals surface area (Å²) in [6, 6.07) is 1.09. The molecule has 0 N–H and O–H groups in total. The second-order valence-electron chi connectivity index (χ2n) is 8.62. The van der Waals surface area contributed by atoms with Crippen molar-refractivity contribution < 1.29 is 23.9 Å². The van der Waals surface area contributed by atoms with Crippen LogP contribution in [0.2, 0.25) is 0 Å². The topological polar surface area (TPSA) is 79.4 Å². The molecule has 0 spiro atoms. The van der Waals surface area contributed by atoms with Crippen molar-refractivity contribution in [3.05, 3.63) is 0 Å². The van der Waals surface area contributed by atoms with E-state index < -0.39 is 0 Å². The maximum Gasteiger partial charge on any atom is 0.410 e. The molecule has 4 unspecified atom stereocenters. The van der Waals surface area contributed by atoms with Gasteiger partial charge in [0.25, 0.3) is 0 Å². The Bertz CT molecular complexity index is 554. The van der Waals surface area contributed by atoms with Gasteiger partial charge in [-0.3, -0.25) is 4.79 Å². The lowest BCUT2D eigenvalue weighted by molar-refractivity contribution is -0.129. The van der Waals surface area contributed by atoms with Gasteiger partial charge in [-0.15, -0.1) is 0 Å². The minimum absolute atomic E-state index is 0.0662. The molecule has 3 aliphatic heterocycles. The van der Waals surface area contributed by atoms with Crippen LogP contribution in [0.3, 0.4) is 0 Å². The van der Waals surface area contributed by atoms with E-state index in [2.05, 4.69) is 27.7 Å². The number of hydrogen-bond donors (Lipinski definition) is 0. The van der Waals surface area contributed by atoms with E-state index in [9.17, 15) is 14.4 Å². The highest BCUT2D eigenvalue weighted by Gasteiger charge is 2.30. The van der Waals surface area contributed by atoms with Crippen LogP contribution in [0.5, 0.6) is 0 Å². The highest BCUT2D eigenvalue weighted by atomic mass is 16.6. The Morgan fingerprint density at radius 2 is 1.39 bits per heavy atom. The Morgan fingerprint density at radius 3 is 1.77 bits per heavy atom. The second-order valence-corrected chi connectivity index (χ2v) is 8.62. The first kappa shape index (κ1) is 27.0. The maximum atomic E-state index is 11.1. The van der Waals surface area contributed by atoms with Gasteiger partial charge < -0.3 is 24.2 Å². The highest BCUT2D eigenvalue weighted by molar-refractivity contribution is 5.78. The van der Waals surface area contributed by atoms with Crippen molar-refractivity contribution in [3.8, 4) is 0 Å². The molecule has 0 aromatic rings. The number of carbonyl (C=O) groups is 3. The number of ether oxygens (including phenoxy) is 2. The Hall–Kier alpha value is -1.99. The number of cyclic esters (lactones) is 2. The minimum Gasteiger partial charge on any atom is -0.448 e. The zero-order chi connectivity index (χ0) is 23.6. The quantitative estimate of drug-likeness (QED) is 0.615. The average molecular weight is 442 g/mol. The number of nitrogens with zero attached hydrogens (tertiary/aromatic N) is 3. The van der Waals surface area contributed by atoms with Crippen LogP contribution < -0.4 is 0 Å². The Labute approximate surface area is 188 Å². The molecule has 3 heterocycles. The van der Waals surface area contributed by atoms with Gasteiger partial charge in [0, 0.05) is 31.1 Å². The third-order valence-corrected chi connectivity index (χ3v) is 6.26. The number of hydrogen-bond acceptors (Lipinski definition) is 5. The van der Waals surface area contributed by atoms with Gasteiger partial charge in [-0.25, -0.2) is 9.59 Å². The van der Waals surface area contributed by atoms with Gasteiger partial charge >= 0.3 is 12.2 Å². The molecule has 3 rings (SSSR count). The lowest BCUT2D eigenvalue weighted by Crippen LogP contribution is -2.33. The molecule has 3 fully saturated rings. The van der Waals surface area contributed by atoms with E-state index in [1.165, 1.54) is 0 Å². The van der Waals surface area contributed by atoms with E-state index in [0.717, 1.165) is 51.7 Å². The first-order chi connectivity index (χ1) is 14.7. The second kappa shape index (κ2) is 13.4. The van der Waals surface area contributed by atoms with Crippen molar-refractivity contribution in [2.45, 2.75) is 105 Å². The van der Waals surface area contributed by atoms with E-state index in [1.54, 1.807) is 9.80 Å². The third kappa shape index (κ3) is 8.22. The summed E-state index contributed by atoms with van der Waals surface area (Å²) >= 11 is 0. The molecule has 31 heavy (non-hydrogen) atoms. The summed E-state index contributed by atoms with van der Waals surface area (Å²) < 4.78 is 9.76. The van der Waals surface area contributed by atoms with Crippen molar-refractivity contribution in [1.29, 1.82) is 0 Å². The summed E-state index contributed by atoms with van der Waals surface area (Å²) in [5.41, 5.74) is 0. The van der Waals surface area contributed by atoms with Crippen LogP contribution in [-0.4, -0.2) is 83.3 Å². The van der Waals surface area contributed by atoms with Crippen LogP contribution >= 0.6 is 0 Å². The molecular formula is C23H43N3O5. The first-order valence-corrected chi connectivity index (χ1v) is 11.9. The van der Waals surface area contributed by atoms with Crippen LogP contribution in [0.1, 0.15) is 80.6 Å². The average Bonchev–Trinajstić information content (AvgIpc) is 3.47. The van der Waals surface area contributed by atoms with Gasteiger partial charge in [-0.05, 0) is 53.4 Å². The molecule has 0 aromatic heterocycles. The van der Waals surface area contributed by atoms with Crippen molar-refractivity contribution >= 4 is 18.1 Å². The zero-order valence-electron chi connectivity index (χ0n) is 20.6. The summed E-state index contributed by atoms with van der Waals surface area (Å²) in [7, 11) is 0. The molecule has 3 aliphatic rings. The lowest BCUT2D eigenvalue weighted by Gasteiger charge is -2.22. The number of rotatable bonds is 6. The predicted octanol–water partition coefficient (Wildman–Crippen LogP) is 4.27. The van der Waals surface area contributed by atoms with Gasteiger partial charge in [-0.1, -0.05) is 20.8 Å². The molecule has 8 heteroatoms. The SMILES string of the molecule is CCC(C)N1CC(C)OC1=O.CCC(C)N1CCCC1=O.CCC(C)N1CCOC1=O. The third-order valence-electron chi connectivity index (χ3n) is 6.26.